The van der Waals surface area contributed by atoms with Gasteiger partial charge in [0.2, 0.25) is 0 Å². The van der Waals surface area contributed by atoms with Crippen molar-refractivity contribution in [2.75, 3.05) is 0 Å². The van der Waals surface area contributed by atoms with Crippen LogP contribution >= 0.6 is 0 Å². The van der Waals surface area contributed by atoms with Crippen LogP contribution in [0.4, 0.5) is 5.69 Å². The highest BCUT2D eigenvalue weighted by molar-refractivity contribution is 6.07. The molecule has 0 saturated heterocycles. The average molecular weight is 223 g/mol. The summed E-state index contributed by atoms with van der Waals surface area (Å²) < 4.78 is 0. The van der Waals surface area contributed by atoms with Crippen molar-refractivity contribution in [3.05, 3.63) is 39.4 Å². The van der Waals surface area contributed by atoms with Crippen LogP contribution < -0.4 is 0 Å². The van der Waals surface area contributed by atoms with Crippen LogP contribution in [0.25, 0.3) is 0 Å². The Morgan fingerprint density at radius 3 is 2.56 bits per heavy atom. The molecule has 0 unspecified atom stereocenters. The van der Waals surface area contributed by atoms with Gasteiger partial charge < -0.3 is 5.11 Å². The molecule has 1 rings (SSSR count). The van der Waals surface area contributed by atoms with Crippen LogP contribution in [0.15, 0.2) is 18.2 Å². The molecular formula is C10H9NO5. The van der Waals surface area contributed by atoms with Gasteiger partial charge in [0, 0.05) is 6.07 Å². The fourth-order valence-electron chi connectivity index (χ4n) is 1.26. The van der Waals surface area contributed by atoms with Crippen molar-refractivity contribution in [1.29, 1.82) is 0 Å². The van der Waals surface area contributed by atoms with E-state index in [0.29, 0.717) is 5.56 Å². The smallest absolute Gasteiger partial charge is 0.311 e. The number of aliphatic carboxylic acids is 1. The first-order valence-corrected chi connectivity index (χ1v) is 4.42. The molecule has 0 spiro atoms. The lowest BCUT2D eigenvalue weighted by molar-refractivity contribution is -0.385. The van der Waals surface area contributed by atoms with Gasteiger partial charge in [-0.1, -0.05) is 6.07 Å². The summed E-state index contributed by atoms with van der Waals surface area (Å²) in [5.74, 6) is -2.07. The number of hydrogen-bond donors (Lipinski definition) is 1. The van der Waals surface area contributed by atoms with Crippen LogP contribution in [0.5, 0.6) is 0 Å². The molecule has 16 heavy (non-hydrogen) atoms. The molecule has 0 heterocycles. The third kappa shape index (κ3) is 2.63. The molecular weight excluding hydrogens is 214 g/mol. The van der Waals surface area contributed by atoms with Crippen molar-refractivity contribution in [3.63, 3.8) is 0 Å². The first-order valence-electron chi connectivity index (χ1n) is 4.42. The van der Waals surface area contributed by atoms with Gasteiger partial charge in [0.25, 0.3) is 5.69 Å². The molecule has 0 radical (unpaired) electrons. The van der Waals surface area contributed by atoms with Crippen LogP contribution in [0.2, 0.25) is 0 Å². The Labute approximate surface area is 90.7 Å². The number of Topliss-reactive ketones (excluding diaryl/α,β-unsaturated/α-hetero) is 1. The molecule has 1 aromatic rings. The molecule has 84 valence electrons. The number of carboxylic acid groups (broad SMARTS) is 1. The van der Waals surface area contributed by atoms with Crippen molar-refractivity contribution < 1.29 is 19.6 Å². The molecule has 6 nitrogen and oxygen atoms in total. The van der Waals surface area contributed by atoms with Gasteiger partial charge >= 0.3 is 5.97 Å². The van der Waals surface area contributed by atoms with Gasteiger partial charge in [-0.2, -0.15) is 0 Å². The number of hydrogen-bond acceptors (Lipinski definition) is 4. The lowest BCUT2D eigenvalue weighted by Gasteiger charge is -2.01. The first kappa shape index (κ1) is 11.8. The summed E-state index contributed by atoms with van der Waals surface area (Å²) in [7, 11) is 0. The zero-order valence-corrected chi connectivity index (χ0v) is 8.47. The van der Waals surface area contributed by atoms with Gasteiger partial charge in [0.05, 0.1) is 10.5 Å². The number of carbonyl (C=O) groups excluding carboxylic acids is 1. The van der Waals surface area contributed by atoms with Gasteiger partial charge in [-0.15, -0.1) is 0 Å². The van der Waals surface area contributed by atoms with Gasteiger partial charge in [-0.3, -0.25) is 19.7 Å². The van der Waals surface area contributed by atoms with E-state index in [4.69, 9.17) is 5.11 Å². The minimum Gasteiger partial charge on any atom is -0.481 e. The lowest BCUT2D eigenvalue weighted by atomic mass is 10.0. The molecule has 0 saturated carbocycles. The summed E-state index contributed by atoms with van der Waals surface area (Å²) >= 11 is 0. The van der Waals surface area contributed by atoms with E-state index in [2.05, 4.69) is 0 Å². The van der Waals surface area contributed by atoms with Crippen molar-refractivity contribution in [2.45, 2.75) is 13.3 Å². The molecule has 0 fully saturated rings. The second-order valence-electron chi connectivity index (χ2n) is 3.27. The summed E-state index contributed by atoms with van der Waals surface area (Å²) in [6.07, 6.45) is -0.746. The number of carbonyl (C=O) groups is 2. The number of carboxylic acids is 1. The van der Waals surface area contributed by atoms with Crippen molar-refractivity contribution in [3.8, 4) is 0 Å². The largest absolute Gasteiger partial charge is 0.481 e. The Morgan fingerprint density at radius 2 is 2.06 bits per heavy atom. The second-order valence-corrected chi connectivity index (χ2v) is 3.27. The highest BCUT2D eigenvalue weighted by Crippen LogP contribution is 2.21. The summed E-state index contributed by atoms with van der Waals surface area (Å²) in [4.78, 5) is 31.7. The zero-order chi connectivity index (χ0) is 12.3. The third-order valence-electron chi connectivity index (χ3n) is 1.96. The van der Waals surface area contributed by atoms with Crippen LogP contribution in [-0.4, -0.2) is 21.8 Å². The Hall–Kier alpha value is -2.24. The number of benzene rings is 1. The number of nitrogens with zero attached hydrogens (tertiary/aromatic N) is 1. The van der Waals surface area contributed by atoms with E-state index in [-0.39, 0.29) is 11.3 Å². The number of nitro groups is 1. The Balaban J connectivity index is 3.17. The van der Waals surface area contributed by atoms with E-state index in [9.17, 15) is 19.7 Å². The molecule has 6 heteroatoms. The maximum atomic E-state index is 11.4. The standard InChI is InChI=1S/C10H9NO5/c1-6-2-3-7(8(4-6)11(15)16)9(12)5-10(13)14/h2-4H,5H2,1H3,(H,13,14). The molecule has 0 atom stereocenters. The van der Waals surface area contributed by atoms with Crippen LogP contribution in [0.3, 0.4) is 0 Å². The van der Waals surface area contributed by atoms with Gasteiger partial charge in [0.1, 0.15) is 6.42 Å². The number of ketones is 1. The van der Waals surface area contributed by atoms with Crippen LogP contribution in [-0.2, 0) is 4.79 Å². The minimum atomic E-state index is -1.31. The van der Waals surface area contributed by atoms with E-state index in [1.165, 1.54) is 18.2 Å². The molecule has 0 aliphatic heterocycles. The molecule has 0 aliphatic carbocycles. The van der Waals surface area contributed by atoms with Crippen LogP contribution in [0, 0.1) is 17.0 Å². The minimum absolute atomic E-state index is 0.169. The summed E-state index contributed by atoms with van der Waals surface area (Å²) in [6, 6.07) is 4.05. The quantitative estimate of drug-likeness (QED) is 0.361. The fourth-order valence-corrected chi connectivity index (χ4v) is 1.26. The monoisotopic (exact) mass is 223 g/mol. The maximum Gasteiger partial charge on any atom is 0.311 e. The first-order chi connectivity index (χ1) is 7.41. The maximum absolute atomic E-state index is 11.4. The van der Waals surface area contributed by atoms with Crippen molar-refractivity contribution >= 4 is 17.4 Å². The predicted molar refractivity (Wildman–Crippen MR) is 54.4 cm³/mol. The van der Waals surface area contributed by atoms with Gasteiger partial charge in [-0.25, -0.2) is 0 Å². The predicted octanol–water partition coefficient (Wildman–Crippen LogP) is 1.56. The molecule has 0 aromatic heterocycles. The highest BCUT2D eigenvalue weighted by Gasteiger charge is 2.21. The Morgan fingerprint density at radius 1 is 1.44 bits per heavy atom. The SMILES string of the molecule is Cc1ccc(C(=O)CC(=O)O)c([N+](=O)[O-])c1. The van der Waals surface area contributed by atoms with Gasteiger partial charge in [0.15, 0.2) is 5.78 Å². The lowest BCUT2D eigenvalue weighted by Crippen LogP contribution is -2.09. The topological polar surface area (TPSA) is 97.5 Å². The third-order valence-corrected chi connectivity index (χ3v) is 1.96. The summed E-state index contributed by atoms with van der Waals surface area (Å²) in [5.41, 5.74) is 0.114. The van der Waals surface area contributed by atoms with E-state index in [1.807, 2.05) is 0 Å². The van der Waals surface area contributed by atoms with E-state index in [0.717, 1.165) is 0 Å². The highest BCUT2D eigenvalue weighted by atomic mass is 16.6. The Bertz CT molecular complexity index is 466. The van der Waals surface area contributed by atoms with Crippen molar-refractivity contribution in [1.82, 2.24) is 0 Å². The molecule has 0 bridgehead atoms. The van der Waals surface area contributed by atoms with Crippen molar-refractivity contribution in [2.24, 2.45) is 0 Å². The fraction of sp³-hybridized carbons (Fsp3) is 0.200. The van der Waals surface area contributed by atoms with Gasteiger partial charge in [-0.05, 0) is 18.6 Å². The molecule has 1 N–H and O–H groups in total. The summed E-state index contributed by atoms with van der Waals surface area (Å²) in [5, 5.41) is 19.1. The van der Waals surface area contributed by atoms with E-state index >= 15 is 0 Å². The Kier molecular flexibility index (Phi) is 3.34. The number of rotatable bonds is 4. The normalized spacial score (nSPS) is 9.81. The number of aryl methyl sites for hydroxylation is 1. The second kappa shape index (κ2) is 4.52. The van der Waals surface area contributed by atoms with E-state index < -0.39 is 23.1 Å². The molecule has 1 aromatic carbocycles. The molecule has 0 amide bonds. The number of nitro benzene ring substituents is 1. The molecule has 0 aliphatic rings. The zero-order valence-electron chi connectivity index (χ0n) is 8.47. The average Bonchev–Trinajstić information content (AvgIpc) is 2.16. The summed E-state index contributed by atoms with van der Waals surface area (Å²) in [6.45, 7) is 1.65. The van der Waals surface area contributed by atoms with Crippen LogP contribution in [0.1, 0.15) is 22.3 Å². The van der Waals surface area contributed by atoms with E-state index in [1.54, 1.807) is 6.92 Å².